The van der Waals surface area contributed by atoms with Crippen LogP contribution < -0.4 is 18.3 Å². The number of hydrogen-bond acceptors (Lipinski definition) is 16. The van der Waals surface area contributed by atoms with Crippen LogP contribution in [0.15, 0.2) is 51.7 Å². The molecule has 0 radical (unpaired) electrons. The molecule has 448 valence electrons. The third-order valence-corrected chi connectivity index (χ3v) is 17.2. The minimum atomic E-state index is -3.11. The first-order chi connectivity index (χ1) is 34.9. The van der Waals surface area contributed by atoms with Crippen molar-refractivity contribution in [2.75, 3.05) is 0 Å². The van der Waals surface area contributed by atoms with Gasteiger partial charge in [0.2, 0.25) is 22.0 Å². The van der Waals surface area contributed by atoms with Gasteiger partial charge < -0.3 is 29.7 Å². The second-order valence-corrected chi connectivity index (χ2v) is 23.1. The fourth-order valence-electron chi connectivity index (χ4n) is 8.89. The Balaban J connectivity index is -0.000000508. The van der Waals surface area contributed by atoms with Crippen LogP contribution in [0.3, 0.4) is 0 Å². The molecule has 0 saturated heterocycles. The Morgan fingerprint density at radius 3 is 0.987 bits per heavy atom. The number of aromatic nitrogens is 4. The van der Waals surface area contributed by atoms with E-state index in [0.29, 0.717) is 29.6 Å². The van der Waals surface area contributed by atoms with Gasteiger partial charge in [-0.3, -0.25) is 0 Å². The molecule has 1 aromatic carbocycles. The molecule has 5 aromatic rings. The molecule has 4 heterocycles. The van der Waals surface area contributed by atoms with Crippen LogP contribution in [0.2, 0.25) is 0 Å². The fraction of sp³-hybridized carbons (Fsp3) is 0.593. The molecule has 24 heteroatoms. The molecule has 16 nitrogen and oxygen atoms in total. The summed E-state index contributed by atoms with van der Waals surface area (Å²) in [5, 5.41) is 2.18. The van der Waals surface area contributed by atoms with Gasteiger partial charge in [-0.2, -0.15) is 18.3 Å². The lowest BCUT2D eigenvalue weighted by Crippen LogP contribution is -2.34. The predicted molar refractivity (Wildman–Crippen MR) is 318 cm³/mol. The number of benzene rings is 1. The van der Waals surface area contributed by atoms with Crippen LogP contribution in [0.25, 0.3) is 0 Å². The normalized spacial score (nSPS) is 11.8. The quantitative estimate of drug-likeness (QED) is 0.0440. The van der Waals surface area contributed by atoms with Crippen molar-refractivity contribution in [2.45, 2.75) is 209 Å². The van der Waals surface area contributed by atoms with E-state index < -0.39 is 42.4 Å². The zero-order valence-electron chi connectivity index (χ0n) is 49.1. The van der Waals surface area contributed by atoms with Crippen molar-refractivity contribution < 1.29 is 68.8 Å². The maximum Gasteiger partial charge on any atom is 0.425 e. The van der Waals surface area contributed by atoms with Crippen molar-refractivity contribution in [3.8, 4) is 0 Å². The van der Waals surface area contributed by atoms with Crippen LogP contribution in [-0.2, 0) is 68.6 Å². The molecular formula is C54H92N4O12S8. The predicted octanol–water partition coefficient (Wildman–Crippen LogP) is 11.8. The summed E-state index contributed by atoms with van der Waals surface area (Å²) in [5.74, 6) is 2.90. The molecule has 0 aliphatic rings. The van der Waals surface area contributed by atoms with Gasteiger partial charge in [0.25, 0.3) is 0 Å². The van der Waals surface area contributed by atoms with E-state index in [4.69, 9.17) is 50.5 Å². The summed E-state index contributed by atoms with van der Waals surface area (Å²) in [6.45, 7) is 32.5. The summed E-state index contributed by atoms with van der Waals surface area (Å²) in [6, 6.07) is 10.1. The van der Waals surface area contributed by atoms with Crippen LogP contribution in [0, 0.1) is 57.4 Å². The first-order valence-electron chi connectivity index (χ1n) is 24.9. The van der Waals surface area contributed by atoms with Gasteiger partial charge in [-0.15, -0.1) is 50.5 Å². The van der Waals surface area contributed by atoms with Crippen molar-refractivity contribution >= 4 is 87.8 Å². The monoisotopic (exact) mass is 1240 g/mol. The van der Waals surface area contributed by atoms with Gasteiger partial charge >= 0.3 is 42.4 Å². The van der Waals surface area contributed by atoms with Gasteiger partial charge in [0, 0.05) is 53.4 Å². The van der Waals surface area contributed by atoms with Crippen molar-refractivity contribution in [1.29, 1.82) is 0 Å². The van der Waals surface area contributed by atoms with Crippen molar-refractivity contribution in [1.82, 2.24) is 0 Å². The smallest absolute Gasteiger partial charge is 0.358 e. The number of nitrogens with zero attached hydrogens (tertiary/aromatic N) is 4. The van der Waals surface area contributed by atoms with E-state index in [1.54, 1.807) is 37.1 Å². The van der Waals surface area contributed by atoms with Gasteiger partial charge in [0.1, 0.15) is 26.2 Å². The molecule has 0 amide bonds. The van der Waals surface area contributed by atoms with Crippen LogP contribution >= 0.6 is 45.3 Å². The highest BCUT2D eigenvalue weighted by Crippen LogP contribution is 2.40. The topological polar surface area (TPSA) is 220 Å². The third kappa shape index (κ3) is 33.7. The minimum Gasteiger partial charge on any atom is -0.358 e. The van der Waals surface area contributed by atoms with Crippen molar-refractivity contribution in [3.63, 3.8) is 0 Å². The van der Waals surface area contributed by atoms with Gasteiger partial charge in [-0.25, -0.2) is 0 Å². The van der Waals surface area contributed by atoms with Crippen LogP contribution in [0.1, 0.15) is 204 Å². The van der Waals surface area contributed by atoms with Gasteiger partial charge in [0.15, 0.2) is 22.8 Å². The van der Waals surface area contributed by atoms with Crippen LogP contribution in [-0.4, -0.2) is 50.5 Å². The zero-order chi connectivity index (χ0) is 56.5. The fourth-order valence-corrected chi connectivity index (χ4v) is 13.1. The molecule has 0 spiro atoms. The Hall–Kier alpha value is -3.78. The Labute approximate surface area is 492 Å². The highest BCUT2D eigenvalue weighted by atomic mass is 32.2. The average molecular weight is 1250 g/mol. The highest BCUT2D eigenvalue weighted by molar-refractivity contribution is 7.59. The summed E-state index contributed by atoms with van der Waals surface area (Å²) < 4.78 is 111. The van der Waals surface area contributed by atoms with E-state index >= 15 is 0 Å². The van der Waals surface area contributed by atoms with E-state index in [2.05, 4.69) is 153 Å². The van der Waals surface area contributed by atoms with Crippen LogP contribution in [0.5, 0.6) is 0 Å². The Kier molecular flexibility index (Phi) is 50.0. The summed E-state index contributed by atoms with van der Waals surface area (Å²) in [6.07, 6.45) is 13.6. The van der Waals surface area contributed by atoms with Crippen molar-refractivity contribution in [3.05, 3.63) is 130 Å². The molecular weight excluding hydrogens is 1150 g/mol. The standard InChI is InChI=1S/C43H68N3S3.C7H12NS.4CH3.4O3S/c1-11-15-16-39(26-32(6)42-35(9)45(24-13-3)29-48-42)37-19-21-38(22-20-37)40(27-33(7)43-36(10)46(25-14-4)30-49-43)18-17-31(5)41-34(8)44(23-12-2)28-47-41;1-3-4-8-6-9-5-7(8)2;;;;;4*1-4(2)3/h19-22,28-33,39-40H,11-18,23-27H2,1-10H3;5-6H,3-4H2,1-2H3;4*1H3;;;;/q+3;+1;4*-1;;;;. The Morgan fingerprint density at radius 1 is 0.410 bits per heavy atom. The molecule has 0 aliphatic heterocycles. The van der Waals surface area contributed by atoms with E-state index in [9.17, 15) is 0 Å². The SMILES string of the molecule is CCCCC(CC(C)c1sc[n+](CCC)c1C)c1ccc(C(CCC(C)c2sc[n+](CCC)c2C)CC(C)c2sc[n+](CCC)c2C)cc1.CCC[n+]1cscc1C.O=S(=O)=O.O=S(=O)=O.O=S(=O)=O.O=S(=O)=O.[CH3-].[CH3-].[CH3-].[CH3-]. The Morgan fingerprint density at radius 2 is 0.705 bits per heavy atom. The number of thiazole rings is 4. The molecule has 0 bridgehead atoms. The van der Waals surface area contributed by atoms with Gasteiger partial charge in [-0.05, 0) is 72.8 Å². The molecule has 0 fully saturated rings. The zero-order valence-corrected chi connectivity index (χ0v) is 55.7. The molecule has 4 aromatic heterocycles. The summed E-state index contributed by atoms with van der Waals surface area (Å²) in [5.41, 5.74) is 18.1. The van der Waals surface area contributed by atoms with E-state index in [1.807, 2.05) is 34.0 Å². The number of aryl methyl sites for hydroxylation is 5. The second kappa shape index (κ2) is 46.9. The average Bonchev–Trinajstić information content (AvgIpc) is 4.10. The summed E-state index contributed by atoms with van der Waals surface area (Å²) in [4.78, 5) is 4.75. The molecule has 5 unspecified atom stereocenters. The van der Waals surface area contributed by atoms with Crippen molar-refractivity contribution in [2.24, 2.45) is 0 Å². The summed E-state index contributed by atoms with van der Waals surface area (Å²) >= 11 is 7.69. The maximum atomic E-state index is 8.44. The lowest BCUT2D eigenvalue weighted by atomic mass is 9.81. The van der Waals surface area contributed by atoms with Crippen LogP contribution in [0.4, 0.5) is 0 Å². The Bertz CT molecular complexity index is 2710. The largest absolute Gasteiger partial charge is 0.425 e. The molecule has 5 rings (SSSR count). The third-order valence-electron chi connectivity index (χ3n) is 12.4. The van der Waals surface area contributed by atoms with Gasteiger partial charge in [0.05, 0.1) is 20.0 Å². The van der Waals surface area contributed by atoms with E-state index in [1.165, 1.54) is 93.4 Å². The molecule has 0 saturated carbocycles. The lowest BCUT2D eigenvalue weighted by Gasteiger charge is -2.24. The minimum absolute atomic E-state index is 0. The first-order valence-corrected chi connectivity index (χ1v) is 32.5. The lowest BCUT2D eigenvalue weighted by molar-refractivity contribution is -0.698. The number of rotatable bonds is 23. The van der Waals surface area contributed by atoms with Gasteiger partial charge in [-0.1, -0.05) is 138 Å². The summed E-state index contributed by atoms with van der Waals surface area (Å²) in [7, 11) is -12.4. The maximum absolute atomic E-state index is 8.44. The molecule has 5 atom stereocenters. The highest BCUT2D eigenvalue weighted by Gasteiger charge is 2.27. The number of hydrogen-bond donors (Lipinski definition) is 0. The molecule has 0 aliphatic carbocycles. The molecule has 0 N–H and O–H groups in total. The molecule has 78 heavy (non-hydrogen) atoms. The first kappa shape index (κ1) is 83.0. The number of unbranched alkanes of at least 4 members (excludes halogenated alkanes) is 1. The second-order valence-electron chi connectivity index (χ2n) is 18.1. The van der Waals surface area contributed by atoms with E-state index in [0.717, 1.165) is 26.2 Å². The van der Waals surface area contributed by atoms with E-state index in [-0.39, 0.29) is 29.7 Å².